The van der Waals surface area contributed by atoms with Crippen LogP contribution in [0.5, 0.6) is 0 Å². The molecule has 0 amide bonds. The molecule has 3 aromatic heterocycles. The van der Waals surface area contributed by atoms with Gasteiger partial charge >= 0.3 is 0 Å². The minimum Gasteiger partial charge on any atom is -0.455 e. The predicted molar refractivity (Wildman–Crippen MR) is 234 cm³/mol. The van der Waals surface area contributed by atoms with Gasteiger partial charge in [0.25, 0.3) is 0 Å². The van der Waals surface area contributed by atoms with Crippen LogP contribution in [0.2, 0.25) is 0 Å². The van der Waals surface area contributed by atoms with Gasteiger partial charge in [0, 0.05) is 16.2 Å². The Morgan fingerprint density at radius 2 is 1.07 bits per heavy atom. The lowest BCUT2D eigenvalue weighted by Gasteiger charge is -2.24. The van der Waals surface area contributed by atoms with E-state index in [4.69, 9.17) is 14.4 Å². The van der Waals surface area contributed by atoms with Crippen LogP contribution in [0.3, 0.4) is 0 Å². The maximum Gasteiger partial charge on any atom is 0.149 e. The smallest absolute Gasteiger partial charge is 0.149 e. The lowest BCUT2D eigenvalue weighted by molar-refractivity contribution is 0.669. The van der Waals surface area contributed by atoms with Crippen molar-refractivity contribution in [2.45, 2.75) is 39.5 Å². The Balaban J connectivity index is 1.21. The van der Waals surface area contributed by atoms with Gasteiger partial charge in [-0.1, -0.05) is 149 Å². The molecular weight excluding hydrogens is 683 g/mol. The number of benzene rings is 7. The van der Waals surface area contributed by atoms with Gasteiger partial charge in [-0.05, 0) is 92.7 Å². The molecule has 7 aromatic carbocycles. The summed E-state index contributed by atoms with van der Waals surface area (Å²) < 4.78 is 9.30. The SMILES string of the molecule is CC(C)c1cc(-c2ccccc2)cc(C(C)C)c1-n1c(-c2cccc3c2oc2cc(-c4ccc(-c5ccccc5)cc4)ccc23)nc2c3ccccc3ncc21. The van der Waals surface area contributed by atoms with Crippen molar-refractivity contribution in [3.05, 3.63) is 175 Å². The van der Waals surface area contributed by atoms with Crippen LogP contribution in [0.1, 0.15) is 50.7 Å². The zero-order chi connectivity index (χ0) is 37.9. The summed E-state index contributed by atoms with van der Waals surface area (Å²) in [5, 5.41) is 3.18. The first-order chi connectivity index (χ1) is 27.4. The average molecular weight is 724 g/mol. The van der Waals surface area contributed by atoms with Gasteiger partial charge in [-0.3, -0.25) is 9.55 Å². The lowest BCUT2D eigenvalue weighted by atomic mass is 9.88. The fourth-order valence-electron chi connectivity index (χ4n) is 8.33. The van der Waals surface area contributed by atoms with Crippen LogP contribution in [-0.2, 0) is 0 Å². The molecule has 0 bridgehead atoms. The van der Waals surface area contributed by atoms with Crippen LogP contribution in [0.4, 0.5) is 0 Å². The van der Waals surface area contributed by atoms with Crippen molar-refractivity contribution in [2.24, 2.45) is 0 Å². The Hall–Kier alpha value is -6.78. The molecular formula is C52H41N3O. The molecule has 0 aliphatic carbocycles. The first-order valence-corrected chi connectivity index (χ1v) is 19.5. The minimum absolute atomic E-state index is 0.243. The number of furan rings is 1. The Labute approximate surface area is 326 Å². The van der Waals surface area contributed by atoms with Crippen molar-refractivity contribution in [1.29, 1.82) is 0 Å². The van der Waals surface area contributed by atoms with Gasteiger partial charge in [-0.2, -0.15) is 0 Å². The van der Waals surface area contributed by atoms with E-state index < -0.39 is 0 Å². The van der Waals surface area contributed by atoms with E-state index in [1.165, 1.54) is 39.1 Å². The number of para-hydroxylation sites is 2. The van der Waals surface area contributed by atoms with Crippen LogP contribution >= 0.6 is 0 Å². The van der Waals surface area contributed by atoms with E-state index in [9.17, 15) is 0 Å². The number of rotatable bonds is 7. The molecule has 0 atom stereocenters. The van der Waals surface area contributed by atoms with E-state index >= 15 is 0 Å². The number of aromatic nitrogens is 3. The van der Waals surface area contributed by atoms with Crippen molar-refractivity contribution < 1.29 is 4.42 Å². The highest BCUT2D eigenvalue weighted by atomic mass is 16.3. The van der Waals surface area contributed by atoms with Gasteiger partial charge in [0.2, 0.25) is 0 Å². The Kier molecular flexibility index (Phi) is 8.14. The van der Waals surface area contributed by atoms with E-state index in [0.29, 0.717) is 0 Å². The van der Waals surface area contributed by atoms with Crippen molar-refractivity contribution in [2.75, 3.05) is 0 Å². The molecule has 0 spiro atoms. The molecule has 4 heteroatoms. The zero-order valence-electron chi connectivity index (χ0n) is 32.0. The highest BCUT2D eigenvalue weighted by Gasteiger charge is 2.26. The van der Waals surface area contributed by atoms with Crippen molar-refractivity contribution in [3.63, 3.8) is 0 Å². The molecule has 3 heterocycles. The van der Waals surface area contributed by atoms with Crippen LogP contribution in [0, 0.1) is 0 Å². The quantitative estimate of drug-likeness (QED) is 0.164. The molecule has 0 aliphatic rings. The number of hydrogen-bond donors (Lipinski definition) is 0. The lowest BCUT2D eigenvalue weighted by Crippen LogP contribution is -2.09. The standard InChI is InChI=1S/C52H41N3O/c1-32(2)44-28-39(35-16-9-6-10-17-35)29-45(33(3)4)50(44)55-47-31-53-46-21-12-11-18-42(46)49(47)54-52(55)43-20-13-19-41-40-27-26-38(30-48(40)56-51(41)43)37-24-22-36(23-25-37)34-14-7-5-8-15-34/h5-33H,1-4H3. The van der Waals surface area contributed by atoms with E-state index in [0.717, 1.165) is 66.4 Å². The summed E-state index contributed by atoms with van der Waals surface area (Å²) in [5.41, 5.74) is 16.3. The molecule has 4 nitrogen and oxygen atoms in total. The van der Waals surface area contributed by atoms with Crippen molar-refractivity contribution in [3.8, 4) is 50.5 Å². The minimum atomic E-state index is 0.243. The van der Waals surface area contributed by atoms with E-state index in [2.05, 4.69) is 184 Å². The maximum absolute atomic E-state index is 6.93. The second-order valence-corrected chi connectivity index (χ2v) is 15.4. The van der Waals surface area contributed by atoms with Crippen LogP contribution < -0.4 is 0 Å². The van der Waals surface area contributed by atoms with E-state index in [1.54, 1.807) is 0 Å². The normalized spacial score (nSPS) is 11.9. The van der Waals surface area contributed by atoms with E-state index in [-0.39, 0.29) is 11.8 Å². The summed E-state index contributed by atoms with van der Waals surface area (Å²) in [6.45, 7) is 9.15. The number of nitrogens with zero attached hydrogens (tertiary/aromatic N) is 3. The van der Waals surface area contributed by atoms with Gasteiger partial charge in [0.1, 0.15) is 22.5 Å². The molecule has 0 fully saturated rings. The predicted octanol–water partition coefficient (Wildman–Crippen LogP) is 14.4. The molecule has 10 rings (SSSR count). The van der Waals surface area contributed by atoms with E-state index in [1.807, 2.05) is 12.3 Å². The largest absolute Gasteiger partial charge is 0.455 e. The average Bonchev–Trinajstić information content (AvgIpc) is 3.82. The summed E-state index contributed by atoms with van der Waals surface area (Å²) in [4.78, 5) is 10.5. The van der Waals surface area contributed by atoms with Gasteiger partial charge in [-0.15, -0.1) is 0 Å². The molecule has 0 aliphatic heterocycles. The fraction of sp³-hybridized carbons (Fsp3) is 0.115. The van der Waals surface area contributed by atoms with Gasteiger partial charge in [0.15, 0.2) is 0 Å². The van der Waals surface area contributed by atoms with Gasteiger partial charge in [0.05, 0.1) is 28.5 Å². The third kappa shape index (κ3) is 5.60. The van der Waals surface area contributed by atoms with Crippen LogP contribution in [-0.4, -0.2) is 14.5 Å². The van der Waals surface area contributed by atoms with Crippen LogP contribution in [0.15, 0.2) is 168 Å². The van der Waals surface area contributed by atoms with Crippen LogP contribution in [0.25, 0.3) is 94.3 Å². The molecule has 10 aromatic rings. The molecule has 0 N–H and O–H groups in total. The monoisotopic (exact) mass is 723 g/mol. The highest BCUT2D eigenvalue weighted by molar-refractivity contribution is 6.11. The molecule has 56 heavy (non-hydrogen) atoms. The first-order valence-electron chi connectivity index (χ1n) is 19.5. The van der Waals surface area contributed by atoms with Crippen molar-refractivity contribution >= 4 is 43.9 Å². The summed E-state index contributed by atoms with van der Waals surface area (Å²) in [5.74, 6) is 1.33. The summed E-state index contributed by atoms with van der Waals surface area (Å²) in [7, 11) is 0. The third-order valence-electron chi connectivity index (χ3n) is 11.2. The summed E-state index contributed by atoms with van der Waals surface area (Å²) in [6, 6.07) is 56.1. The number of fused-ring (bicyclic) bond motifs is 6. The molecule has 0 saturated carbocycles. The molecule has 0 unspecified atom stereocenters. The Morgan fingerprint density at radius 3 is 1.75 bits per heavy atom. The number of imidazole rings is 1. The summed E-state index contributed by atoms with van der Waals surface area (Å²) >= 11 is 0. The number of hydrogen-bond acceptors (Lipinski definition) is 3. The highest BCUT2D eigenvalue weighted by Crippen LogP contribution is 2.44. The molecule has 270 valence electrons. The fourth-order valence-corrected chi connectivity index (χ4v) is 8.33. The second-order valence-electron chi connectivity index (χ2n) is 15.4. The van der Waals surface area contributed by atoms with Gasteiger partial charge in [-0.25, -0.2) is 4.98 Å². The number of pyridine rings is 1. The third-order valence-corrected chi connectivity index (χ3v) is 11.2. The first kappa shape index (κ1) is 33.8. The van der Waals surface area contributed by atoms with Gasteiger partial charge < -0.3 is 4.42 Å². The Morgan fingerprint density at radius 1 is 0.500 bits per heavy atom. The Bertz CT molecular complexity index is 3030. The second kappa shape index (κ2) is 13.5. The maximum atomic E-state index is 6.93. The summed E-state index contributed by atoms with van der Waals surface area (Å²) in [6.07, 6.45) is 2.00. The zero-order valence-corrected chi connectivity index (χ0v) is 32.0. The topological polar surface area (TPSA) is 43.9 Å². The molecule has 0 saturated heterocycles. The van der Waals surface area contributed by atoms with Crippen molar-refractivity contribution in [1.82, 2.24) is 14.5 Å². The molecule has 0 radical (unpaired) electrons.